The molecule has 0 unspecified atom stereocenters. The SMILES string of the molecule is CC(C)c1cc(C(=O)N(C)C2CCN(S(C)(=O)=O)CC2)no1. The van der Waals surface area contributed by atoms with Crippen LogP contribution in [0.2, 0.25) is 0 Å². The third-order valence-electron chi connectivity index (χ3n) is 4.08. The molecular formula is C14H23N3O4S. The number of carbonyl (C=O) groups excluding carboxylic acids is 1. The summed E-state index contributed by atoms with van der Waals surface area (Å²) in [5, 5.41) is 3.83. The van der Waals surface area contributed by atoms with Crippen molar-refractivity contribution in [3.8, 4) is 0 Å². The second kappa shape index (κ2) is 6.37. The maximum absolute atomic E-state index is 12.4. The average Bonchev–Trinajstić information content (AvgIpc) is 2.95. The van der Waals surface area contributed by atoms with Crippen LogP contribution < -0.4 is 0 Å². The summed E-state index contributed by atoms with van der Waals surface area (Å²) in [6.45, 7) is 4.83. The molecule has 0 aromatic carbocycles. The maximum Gasteiger partial charge on any atom is 0.276 e. The van der Waals surface area contributed by atoms with Crippen molar-refractivity contribution in [3.63, 3.8) is 0 Å². The van der Waals surface area contributed by atoms with E-state index in [9.17, 15) is 13.2 Å². The Morgan fingerprint density at radius 1 is 1.41 bits per heavy atom. The molecule has 1 saturated heterocycles. The zero-order chi connectivity index (χ0) is 16.5. The molecule has 1 fully saturated rings. The van der Waals surface area contributed by atoms with E-state index in [1.165, 1.54) is 10.6 Å². The number of nitrogens with zero attached hydrogens (tertiary/aromatic N) is 3. The quantitative estimate of drug-likeness (QED) is 0.831. The smallest absolute Gasteiger partial charge is 0.276 e. The largest absolute Gasteiger partial charge is 0.360 e. The number of rotatable bonds is 4. The summed E-state index contributed by atoms with van der Waals surface area (Å²) in [6, 6.07) is 1.69. The Bertz CT molecular complexity index is 630. The third-order valence-corrected chi connectivity index (χ3v) is 5.38. The molecule has 124 valence electrons. The highest BCUT2D eigenvalue weighted by atomic mass is 32.2. The van der Waals surface area contributed by atoms with Gasteiger partial charge in [-0.2, -0.15) is 0 Å². The van der Waals surface area contributed by atoms with Crippen molar-refractivity contribution in [1.82, 2.24) is 14.4 Å². The molecule has 8 heteroatoms. The van der Waals surface area contributed by atoms with Crippen LogP contribution in [0.4, 0.5) is 0 Å². The number of piperidine rings is 1. The summed E-state index contributed by atoms with van der Waals surface area (Å²) in [5.74, 6) is 0.675. The summed E-state index contributed by atoms with van der Waals surface area (Å²) in [4.78, 5) is 14.1. The molecule has 1 aromatic heterocycles. The van der Waals surface area contributed by atoms with Gasteiger partial charge in [0.2, 0.25) is 10.0 Å². The highest BCUT2D eigenvalue weighted by molar-refractivity contribution is 7.88. The molecule has 22 heavy (non-hydrogen) atoms. The first-order valence-electron chi connectivity index (χ1n) is 7.39. The molecule has 7 nitrogen and oxygen atoms in total. The van der Waals surface area contributed by atoms with Crippen molar-refractivity contribution in [3.05, 3.63) is 17.5 Å². The predicted octanol–water partition coefficient (Wildman–Crippen LogP) is 1.29. The van der Waals surface area contributed by atoms with E-state index in [1.54, 1.807) is 18.0 Å². The zero-order valence-corrected chi connectivity index (χ0v) is 14.3. The van der Waals surface area contributed by atoms with Crippen LogP contribution in [0, 0.1) is 0 Å². The van der Waals surface area contributed by atoms with E-state index in [2.05, 4.69) is 5.16 Å². The molecule has 0 atom stereocenters. The number of sulfonamides is 1. The minimum atomic E-state index is -3.15. The molecule has 1 aliphatic heterocycles. The zero-order valence-electron chi connectivity index (χ0n) is 13.4. The molecule has 0 spiro atoms. The normalized spacial score (nSPS) is 17.9. The molecular weight excluding hydrogens is 306 g/mol. The van der Waals surface area contributed by atoms with E-state index in [0.29, 0.717) is 37.4 Å². The van der Waals surface area contributed by atoms with Crippen LogP contribution in [0.15, 0.2) is 10.6 Å². The predicted molar refractivity (Wildman–Crippen MR) is 82.1 cm³/mol. The van der Waals surface area contributed by atoms with Gasteiger partial charge in [0.1, 0.15) is 5.76 Å². The number of carbonyl (C=O) groups is 1. The van der Waals surface area contributed by atoms with Gasteiger partial charge in [0.05, 0.1) is 6.26 Å². The Labute approximate surface area is 131 Å². The lowest BCUT2D eigenvalue weighted by Gasteiger charge is -2.35. The third kappa shape index (κ3) is 3.67. The Kier molecular flexibility index (Phi) is 4.91. The van der Waals surface area contributed by atoms with Gasteiger partial charge in [-0.15, -0.1) is 0 Å². The van der Waals surface area contributed by atoms with E-state index < -0.39 is 10.0 Å². The van der Waals surface area contributed by atoms with E-state index >= 15 is 0 Å². The first-order chi connectivity index (χ1) is 10.2. The van der Waals surface area contributed by atoms with Gasteiger partial charge in [0.25, 0.3) is 5.91 Å². The van der Waals surface area contributed by atoms with Crippen molar-refractivity contribution < 1.29 is 17.7 Å². The Hall–Kier alpha value is -1.41. The summed E-state index contributed by atoms with van der Waals surface area (Å²) in [5.41, 5.74) is 0.303. The summed E-state index contributed by atoms with van der Waals surface area (Å²) >= 11 is 0. The lowest BCUT2D eigenvalue weighted by atomic mass is 10.0. The van der Waals surface area contributed by atoms with Gasteiger partial charge in [-0.3, -0.25) is 4.79 Å². The van der Waals surface area contributed by atoms with E-state index in [4.69, 9.17) is 4.52 Å². The van der Waals surface area contributed by atoms with E-state index in [1.807, 2.05) is 13.8 Å². The first-order valence-corrected chi connectivity index (χ1v) is 9.24. The van der Waals surface area contributed by atoms with Crippen molar-refractivity contribution in [2.24, 2.45) is 0 Å². The van der Waals surface area contributed by atoms with Gasteiger partial charge < -0.3 is 9.42 Å². The number of hydrogen-bond donors (Lipinski definition) is 0. The van der Waals surface area contributed by atoms with Crippen molar-refractivity contribution >= 4 is 15.9 Å². The summed E-state index contributed by atoms with van der Waals surface area (Å²) in [7, 11) is -1.42. The fourth-order valence-corrected chi connectivity index (χ4v) is 3.44. The molecule has 1 aliphatic rings. The highest BCUT2D eigenvalue weighted by Gasteiger charge is 2.30. The molecule has 0 bridgehead atoms. The monoisotopic (exact) mass is 329 g/mol. The van der Waals surface area contributed by atoms with Gasteiger partial charge >= 0.3 is 0 Å². The van der Waals surface area contributed by atoms with Gasteiger partial charge in [-0.1, -0.05) is 19.0 Å². The molecule has 0 saturated carbocycles. The van der Waals surface area contributed by atoms with Crippen LogP contribution in [0.5, 0.6) is 0 Å². The van der Waals surface area contributed by atoms with Crippen LogP contribution in [-0.4, -0.2) is 61.1 Å². The number of aromatic nitrogens is 1. The summed E-state index contributed by atoms with van der Waals surface area (Å²) in [6.07, 6.45) is 2.47. The molecule has 0 aliphatic carbocycles. The molecule has 0 radical (unpaired) electrons. The van der Waals surface area contributed by atoms with Crippen LogP contribution in [-0.2, 0) is 10.0 Å². The highest BCUT2D eigenvalue weighted by Crippen LogP contribution is 2.20. The molecule has 2 rings (SSSR count). The fraction of sp³-hybridized carbons (Fsp3) is 0.714. The van der Waals surface area contributed by atoms with Crippen LogP contribution in [0.1, 0.15) is 48.9 Å². The Morgan fingerprint density at radius 3 is 2.45 bits per heavy atom. The van der Waals surface area contributed by atoms with Gasteiger partial charge in [0.15, 0.2) is 5.69 Å². The molecule has 0 N–H and O–H groups in total. The Balaban J connectivity index is 2.00. The maximum atomic E-state index is 12.4. The van der Waals surface area contributed by atoms with Crippen LogP contribution in [0.3, 0.4) is 0 Å². The molecule has 2 heterocycles. The minimum absolute atomic E-state index is 0.0182. The van der Waals surface area contributed by atoms with Gasteiger partial charge in [0, 0.05) is 38.2 Å². The van der Waals surface area contributed by atoms with E-state index in [0.717, 1.165) is 0 Å². The van der Waals surface area contributed by atoms with E-state index in [-0.39, 0.29) is 17.9 Å². The molecule has 1 amide bonds. The van der Waals surface area contributed by atoms with Crippen molar-refractivity contribution in [1.29, 1.82) is 0 Å². The minimum Gasteiger partial charge on any atom is -0.360 e. The first kappa shape index (κ1) is 17.0. The second-order valence-electron chi connectivity index (χ2n) is 6.08. The standard InChI is InChI=1S/C14H23N3O4S/c1-10(2)13-9-12(15-21-13)14(18)16(3)11-5-7-17(8-6-11)22(4,19)20/h9-11H,5-8H2,1-4H3. The topological polar surface area (TPSA) is 83.7 Å². The summed E-state index contributed by atoms with van der Waals surface area (Å²) < 4.78 is 29.6. The lowest BCUT2D eigenvalue weighted by Crippen LogP contribution is -2.47. The fourth-order valence-electron chi connectivity index (χ4n) is 2.57. The lowest BCUT2D eigenvalue weighted by molar-refractivity contribution is 0.0671. The van der Waals surface area contributed by atoms with Gasteiger partial charge in [-0.05, 0) is 12.8 Å². The average molecular weight is 329 g/mol. The van der Waals surface area contributed by atoms with Gasteiger partial charge in [-0.25, -0.2) is 12.7 Å². The second-order valence-corrected chi connectivity index (χ2v) is 8.06. The van der Waals surface area contributed by atoms with Crippen LogP contribution in [0.25, 0.3) is 0 Å². The number of hydrogen-bond acceptors (Lipinski definition) is 5. The van der Waals surface area contributed by atoms with Crippen molar-refractivity contribution in [2.75, 3.05) is 26.4 Å². The molecule has 1 aromatic rings. The Morgan fingerprint density at radius 2 is 2.00 bits per heavy atom. The van der Waals surface area contributed by atoms with Crippen LogP contribution >= 0.6 is 0 Å². The number of amides is 1. The van der Waals surface area contributed by atoms with Crippen molar-refractivity contribution in [2.45, 2.75) is 38.6 Å².